The Labute approximate surface area is 133 Å². The molecule has 2 heterocycles. The fourth-order valence-corrected chi connectivity index (χ4v) is 2.68. The fourth-order valence-electron chi connectivity index (χ4n) is 2.24. The minimum atomic E-state index is -0.0404. The van der Waals surface area contributed by atoms with Crippen molar-refractivity contribution < 1.29 is 9.21 Å². The lowest BCUT2D eigenvalue weighted by Crippen LogP contribution is -2.34. The van der Waals surface area contributed by atoms with Gasteiger partial charge in [-0.3, -0.25) is 4.79 Å². The number of rotatable bonds is 6. The van der Waals surface area contributed by atoms with E-state index >= 15 is 0 Å². The van der Waals surface area contributed by atoms with Gasteiger partial charge in [-0.1, -0.05) is 0 Å². The summed E-state index contributed by atoms with van der Waals surface area (Å²) < 4.78 is 8.20. The molecule has 4 nitrogen and oxygen atoms in total. The zero-order valence-corrected chi connectivity index (χ0v) is 14.2. The maximum absolute atomic E-state index is 12.4. The Bertz CT molecular complexity index is 587. The van der Waals surface area contributed by atoms with E-state index < -0.39 is 0 Å². The molecule has 1 amide bonds. The lowest BCUT2D eigenvalue weighted by Gasteiger charge is -2.16. The van der Waals surface area contributed by atoms with Gasteiger partial charge in [0, 0.05) is 29.2 Å². The first-order chi connectivity index (χ1) is 9.97. The molecule has 5 heteroatoms. The molecule has 1 atom stereocenters. The summed E-state index contributed by atoms with van der Waals surface area (Å²) in [7, 11) is 0. The third-order valence-corrected chi connectivity index (χ3v) is 3.82. The third kappa shape index (κ3) is 4.24. The molecule has 0 saturated heterocycles. The van der Waals surface area contributed by atoms with E-state index in [0.29, 0.717) is 5.69 Å². The number of hydrogen-bond acceptors (Lipinski definition) is 2. The maximum atomic E-state index is 12.4. The van der Waals surface area contributed by atoms with E-state index in [2.05, 4.69) is 35.1 Å². The van der Waals surface area contributed by atoms with Crippen molar-refractivity contribution in [3.63, 3.8) is 0 Å². The zero-order valence-electron chi connectivity index (χ0n) is 12.6. The molecule has 1 unspecified atom stereocenters. The van der Waals surface area contributed by atoms with Gasteiger partial charge in [-0.25, -0.2) is 0 Å². The first-order valence-corrected chi connectivity index (χ1v) is 7.97. The number of carbonyl (C=O) groups excluding carboxylic acids is 1. The molecule has 2 aromatic heterocycles. The second kappa shape index (κ2) is 6.98. The van der Waals surface area contributed by atoms with Crippen molar-refractivity contribution in [3.05, 3.63) is 46.6 Å². The standard InChI is InChI=1S/C16H21BrN2O2/c1-11(2)19-10-13(17)9-15(19)16(20)18-12(3)6-7-14-5-4-8-21-14/h4-5,8-12H,6-7H2,1-3H3,(H,18,20). The molecule has 21 heavy (non-hydrogen) atoms. The van der Waals surface area contributed by atoms with Gasteiger partial charge < -0.3 is 14.3 Å². The summed E-state index contributed by atoms with van der Waals surface area (Å²) in [6, 6.07) is 6.03. The molecule has 114 valence electrons. The third-order valence-electron chi connectivity index (χ3n) is 3.39. The summed E-state index contributed by atoms with van der Waals surface area (Å²) in [5.41, 5.74) is 0.682. The van der Waals surface area contributed by atoms with Gasteiger partial charge in [0.1, 0.15) is 11.5 Å². The predicted octanol–water partition coefficient (Wildman–Crippen LogP) is 4.18. The van der Waals surface area contributed by atoms with Gasteiger partial charge in [-0.2, -0.15) is 0 Å². The molecule has 1 N–H and O–H groups in total. The highest BCUT2D eigenvalue weighted by Crippen LogP contribution is 2.19. The normalized spacial score (nSPS) is 12.6. The van der Waals surface area contributed by atoms with Gasteiger partial charge in [0.2, 0.25) is 0 Å². The summed E-state index contributed by atoms with van der Waals surface area (Å²) in [4.78, 5) is 12.4. The molecule has 0 bridgehead atoms. The van der Waals surface area contributed by atoms with E-state index in [4.69, 9.17) is 4.42 Å². The number of amides is 1. The van der Waals surface area contributed by atoms with Crippen molar-refractivity contribution in [2.45, 2.75) is 45.7 Å². The van der Waals surface area contributed by atoms with E-state index in [0.717, 1.165) is 23.1 Å². The summed E-state index contributed by atoms with van der Waals surface area (Å²) >= 11 is 3.43. The van der Waals surface area contributed by atoms with Crippen LogP contribution in [0.3, 0.4) is 0 Å². The minimum Gasteiger partial charge on any atom is -0.469 e. The highest BCUT2D eigenvalue weighted by Gasteiger charge is 2.16. The van der Waals surface area contributed by atoms with Crippen LogP contribution >= 0.6 is 15.9 Å². The van der Waals surface area contributed by atoms with Crippen LogP contribution in [-0.2, 0) is 6.42 Å². The Morgan fingerprint density at radius 3 is 2.81 bits per heavy atom. The highest BCUT2D eigenvalue weighted by molar-refractivity contribution is 9.10. The van der Waals surface area contributed by atoms with Crippen LogP contribution in [0.2, 0.25) is 0 Å². The Morgan fingerprint density at radius 2 is 2.19 bits per heavy atom. The van der Waals surface area contributed by atoms with Crippen LogP contribution < -0.4 is 5.32 Å². The molecular formula is C16H21BrN2O2. The van der Waals surface area contributed by atoms with Gasteiger partial charge in [-0.05, 0) is 61.3 Å². The molecule has 0 aliphatic heterocycles. The van der Waals surface area contributed by atoms with Crippen molar-refractivity contribution >= 4 is 21.8 Å². The summed E-state index contributed by atoms with van der Waals surface area (Å²) in [6.07, 6.45) is 5.28. The van der Waals surface area contributed by atoms with Crippen molar-refractivity contribution in [2.24, 2.45) is 0 Å². The van der Waals surface area contributed by atoms with Crippen LogP contribution in [0.1, 0.15) is 49.5 Å². The number of furan rings is 1. The van der Waals surface area contributed by atoms with Gasteiger partial charge in [-0.15, -0.1) is 0 Å². The average molecular weight is 353 g/mol. The Kier molecular flexibility index (Phi) is 5.28. The first-order valence-electron chi connectivity index (χ1n) is 7.18. The van der Waals surface area contributed by atoms with Crippen LogP contribution in [0, 0.1) is 0 Å². The van der Waals surface area contributed by atoms with Gasteiger partial charge in [0.05, 0.1) is 6.26 Å². The van der Waals surface area contributed by atoms with Crippen LogP contribution in [0.15, 0.2) is 39.5 Å². The number of aryl methyl sites for hydroxylation is 1. The van der Waals surface area contributed by atoms with Crippen molar-refractivity contribution in [2.75, 3.05) is 0 Å². The predicted molar refractivity (Wildman–Crippen MR) is 86.5 cm³/mol. The quantitative estimate of drug-likeness (QED) is 0.847. The summed E-state index contributed by atoms with van der Waals surface area (Å²) in [6.45, 7) is 6.13. The molecule has 2 rings (SSSR count). The topological polar surface area (TPSA) is 47.2 Å². The molecular weight excluding hydrogens is 332 g/mol. The SMILES string of the molecule is CC(CCc1ccco1)NC(=O)c1cc(Br)cn1C(C)C. The molecule has 0 aliphatic carbocycles. The van der Waals surface area contributed by atoms with Gasteiger partial charge in [0.15, 0.2) is 0 Å². The molecule has 0 radical (unpaired) electrons. The minimum absolute atomic E-state index is 0.0404. The van der Waals surface area contributed by atoms with Crippen LogP contribution in [0.4, 0.5) is 0 Å². The van der Waals surface area contributed by atoms with E-state index in [9.17, 15) is 4.79 Å². The zero-order chi connectivity index (χ0) is 15.4. The second-order valence-electron chi connectivity index (χ2n) is 5.54. The van der Waals surface area contributed by atoms with E-state index in [1.54, 1.807) is 6.26 Å². The smallest absolute Gasteiger partial charge is 0.268 e. The second-order valence-corrected chi connectivity index (χ2v) is 6.45. The molecule has 0 saturated carbocycles. The number of nitrogens with one attached hydrogen (secondary N) is 1. The lowest BCUT2D eigenvalue weighted by molar-refractivity contribution is 0.0927. The van der Waals surface area contributed by atoms with Crippen molar-refractivity contribution in [3.8, 4) is 0 Å². The lowest BCUT2D eigenvalue weighted by atomic mass is 10.1. The van der Waals surface area contributed by atoms with Gasteiger partial charge in [0.25, 0.3) is 5.91 Å². The van der Waals surface area contributed by atoms with E-state index in [-0.39, 0.29) is 18.0 Å². The van der Waals surface area contributed by atoms with Gasteiger partial charge >= 0.3 is 0 Å². The van der Waals surface area contributed by atoms with Crippen LogP contribution in [0.5, 0.6) is 0 Å². The number of halogens is 1. The number of carbonyl (C=O) groups is 1. The molecule has 0 aromatic carbocycles. The molecule has 0 aliphatic rings. The van der Waals surface area contributed by atoms with E-state index in [1.165, 1.54) is 0 Å². The number of aromatic nitrogens is 1. The number of nitrogens with zero attached hydrogens (tertiary/aromatic N) is 1. The summed E-state index contributed by atoms with van der Waals surface area (Å²) in [5, 5.41) is 3.04. The highest BCUT2D eigenvalue weighted by atomic mass is 79.9. The molecule has 0 spiro atoms. The Morgan fingerprint density at radius 1 is 1.43 bits per heavy atom. The van der Waals surface area contributed by atoms with E-state index in [1.807, 2.05) is 35.9 Å². The number of hydrogen-bond donors (Lipinski definition) is 1. The Balaban J connectivity index is 1.94. The molecule has 0 fully saturated rings. The van der Waals surface area contributed by atoms with Crippen LogP contribution in [-0.4, -0.2) is 16.5 Å². The largest absolute Gasteiger partial charge is 0.469 e. The average Bonchev–Trinajstić information content (AvgIpc) is 3.05. The maximum Gasteiger partial charge on any atom is 0.268 e. The monoisotopic (exact) mass is 352 g/mol. The van der Waals surface area contributed by atoms with Crippen LogP contribution in [0.25, 0.3) is 0 Å². The Hall–Kier alpha value is -1.49. The molecule has 2 aromatic rings. The fraction of sp³-hybridized carbons (Fsp3) is 0.438. The van der Waals surface area contributed by atoms with Crippen molar-refractivity contribution in [1.29, 1.82) is 0 Å². The van der Waals surface area contributed by atoms with Crippen molar-refractivity contribution in [1.82, 2.24) is 9.88 Å². The summed E-state index contributed by atoms with van der Waals surface area (Å²) in [5.74, 6) is 0.908. The first kappa shape index (κ1) is 15.9.